The minimum absolute atomic E-state index is 0.0344. The van der Waals surface area contributed by atoms with E-state index in [2.05, 4.69) is 38.7 Å². The van der Waals surface area contributed by atoms with Crippen LogP contribution in [0.2, 0.25) is 0 Å². The Morgan fingerprint density at radius 3 is 2.70 bits per heavy atom. The Morgan fingerprint density at radius 1 is 1.21 bits per heavy atom. The van der Waals surface area contributed by atoms with Gasteiger partial charge >= 0.3 is 0 Å². The smallest absolute Gasteiger partial charge is 0.230 e. The number of aromatic amines is 1. The van der Waals surface area contributed by atoms with Gasteiger partial charge in [-0.2, -0.15) is 15.1 Å². The van der Waals surface area contributed by atoms with Gasteiger partial charge in [0, 0.05) is 55.2 Å². The van der Waals surface area contributed by atoms with Crippen molar-refractivity contribution in [2.45, 2.75) is 76.6 Å². The Morgan fingerprint density at radius 2 is 2.03 bits per heavy atom. The summed E-state index contributed by atoms with van der Waals surface area (Å²) in [5.74, 6) is 3.83. The number of aromatic nitrogens is 4. The van der Waals surface area contributed by atoms with Crippen LogP contribution in [0.5, 0.6) is 5.88 Å². The van der Waals surface area contributed by atoms with Gasteiger partial charge in [0.05, 0.1) is 13.2 Å². The lowest BCUT2D eigenvalue weighted by Crippen LogP contribution is -2.54. The number of nitrogens with zero attached hydrogens (tertiary/aromatic N) is 5. The molecule has 3 saturated heterocycles. The highest BCUT2D eigenvalue weighted by Gasteiger charge is 2.40. The molecular weight excluding hydrogens is 438 g/mol. The maximum absolute atomic E-state index is 6.18. The molecule has 0 aromatic carbocycles. The predicted octanol–water partition coefficient (Wildman–Crippen LogP) is 3.91. The van der Waals surface area contributed by atoms with Crippen LogP contribution in [0.25, 0.3) is 0 Å². The van der Waals surface area contributed by atoms with E-state index in [9.17, 15) is 0 Å². The first kappa shape index (κ1) is 22.7. The second-order valence-electron chi connectivity index (χ2n) is 9.31. The van der Waals surface area contributed by atoms with Gasteiger partial charge < -0.3 is 19.7 Å². The summed E-state index contributed by atoms with van der Waals surface area (Å²) >= 11 is 2.01. The molecule has 2 bridgehead atoms. The van der Waals surface area contributed by atoms with Gasteiger partial charge in [-0.1, -0.05) is 25.3 Å². The number of ether oxygens (including phenoxy) is 2. The average molecular weight is 474 g/mol. The van der Waals surface area contributed by atoms with Crippen molar-refractivity contribution in [1.29, 1.82) is 0 Å². The molecule has 3 aliphatic heterocycles. The summed E-state index contributed by atoms with van der Waals surface area (Å²) in [5.41, 5.74) is 0.992. The molecule has 0 unspecified atom stereocenters. The van der Waals surface area contributed by atoms with Crippen LogP contribution >= 0.6 is 11.9 Å². The summed E-state index contributed by atoms with van der Waals surface area (Å²) in [4.78, 5) is 11.9. The molecule has 5 heterocycles. The standard InChI is InChI=1S/C23H35N7O2S/c1-4-33-30-16-6-5-7-17(30)12-18(11-16)29(3)23-25-20(24-21-10-15(2)27-28-21)13-22(26-23)32-19-8-9-31-14-19/h10,13,16-19H,4-9,11-12,14H2,1-3H3,(H2,24,25,26,27,28)/t16-,17+,18-,19-/m0/s1. The Kier molecular flexibility index (Phi) is 6.94. The fraction of sp³-hybridized carbons (Fsp3) is 0.696. The van der Waals surface area contributed by atoms with Crippen molar-refractivity contribution in [3.8, 4) is 5.88 Å². The van der Waals surface area contributed by atoms with Gasteiger partial charge in [-0.25, -0.2) is 4.31 Å². The number of piperidine rings is 2. The fourth-order valence-electron chi connectivity index (χ4n) is 5.23. The zero-order chi connectivity index (χ0) is 22.8. The largest absolute Gasteiger partial charge is 0.472 e. The molecule has 0 radical (unpaired) electrons. The first-order valence-corrected chi connectivity index (χ1v) is 13.1. The normalized spacial score (nSPS) is 27.5. The number of anilines is 3. The van der Waals surface area contributed by atoms with Crippen LogP contribution in [0.15, 0.2) is 12.1 Å². The highest BCUT2D eigenvalue weighted by molar-refractivity contribution is 7.97. The number of rotatable bonds is 8. The zero-order valence-electron chi connectivity index (χ0n) is 19.8. The van der Waals surface area contributed by atoms with Crippen LogP contribution in [0, 0.1) is 6.92 Å². The van der Waals surface area contributed by atoms with E-state index in [0.717, 1.165) is 43.1 Å². The zero-order valence-corrected chi connectivity index (χ0v) is 20.6. The van der Waals surface area contributed by atoms with Crippen LogP contribution in [0.3, 0.4) is 0 Å². The fourth-order valence-corrected chi connectivity index (χ4v) is 6.34. The van der Waals surface area contributed by atoms with Crippen molar-refractivity contribution in [3.05, 3.63) is 17.8 Å². The Labute approximate surface area is 200 Å². The summed E-state index contributed by atoms with van der Waals surface area (Å²) in [6, 6.07) is 5.50. The molecule has 4 atom stereocenters. The monoisotopic (exact) mass is 473 g/mol. The first-order valence-electron chi connectivity index (χ1n) is 12.2. The number of H-pyrrole nitrogens is 1. The van der Waals surface area contributed by atoms with E-state index in [1.54, 1.807) is 0 Å². The first-order chi connectivity index (χ1) is 16.1. The maximum Gasteiger partial charge on any atom is 0.230 e. The van der Waals surface area contributed by atoms with Gasteiger partial charge in [0.15, 0.2) is 5.82 Å². The summed E-state index contributed by atoms with van der Waals surface area (Å²) in [7, 11) is 2.13. The van der Waals surface area contributed by atoms with E-state index in [-0.39, 0.29) is 6.10 Å². The Bertz CT molecular complexity index is 921. The Balaban J connectivity index is 1.37. The van der Waals surface area contributed by atoms with E-state index in [1.807, 2.05) is 31.0 Å². The van der Waals surface area contributed by atoms with Crippen LogP contribution in [-0.2, 0) is 4.74 Å². The minimum Gasteiger partial charge on any atom is -0.472 e. The van der Waals surface area contributed by atoms with Crippen LogP contribution in [0.1, 0.15) is 51.1 Å². The third-order valence-corrected chi connectivity index (χ3v) is 8.00. The number of hydrogen-bond donors (Lipinski definition) is 2. The van der Waals surface area contributed by atoms with Crippen LogP contribution in [0.4, 0.5) is 17.6 Å². The molecule has 3 aliphatic rings. The number of aryl methyl sites for hydroxylation is 1. The number of nitrogens with one attached hydrogen (secondary N) is 2. The molecule has 2 aromatic heterocycles. The lowest BCUT2D eigenvalue weighted by atomic mass is 9.83. The molecule has 2 aromatic rings. The molecule has 5 rings (SSSR count). The molecule has 10 heteroatoms. The second-order valence-corrected chi connectivity index (χ2v) is 10.6. The summed E-state index contributed by atoms with van der Waals surface area (Å²) in [6.45, 7) is 5.57. The third-order valence-electron chi connectivity index (χ3n) is 6.85. The molecule has 0 amide bonds. The molecule has 0 aliphatic carbocycles. The lowest BCUT2D eigenvalue weighted by molar-refractivity contribution is 0.121. The SMILES string of the molecule is CCSN1[C@@H]2CCC[C@H]1C[C@H](N(C)c1nc(Nc3cc(C)[nH]n3)cc(O[C@H]3CCOC3)n1)C2. The van der Waals surface area contributed by atoms with Crippen molar-refractivity contribution in [2.75, 3.05) is 36.2 Å². The Hall–Kier alpha value is -2.04. The predicted molar refractivity (Wildman–Crippen MR) is 131 cm³/mol. The van der Waals surface area contributed by atoms with Crippen LogP contribution in [-0.4, -0.2) is 74.7 Å². The van der Waals surface area contributed by atoms with E-state index >= 15 is 0 Å². The summed E-state index contributed by atoms with van der Waals surface area (Å²) in [6.07, 6.45) is 7.11. The molecule has 3 fully saturated rings. The second kappa shape index (κ2) is 10.1. The molecule has 33 heavy (non-hydrogen) atoms. The average Bonchev–Trinajstić information content (AvgIpc) is 3.44. The highest BCUT2D eigenvalue weighted by atomic mass is 32.2. The van der Waals surface area contributed by atoms with Crippen molar-refractivity contribution in [3.63, 3.8) is 0 Å². The van der Waals surface area contributed by atoms with Crippen LogP contribution < -0.4 is 15.0 Å². The van der Waals surface area contributed by atoms with Gasteiger partial charge in [0.25, 0.3) is 0 Å². The van der Waals surface area contributed by atoms with Crippen molar-refractivity contribution < 1.29 is 9.47 Å². The molecule has 9 nitrogen and oxygen atoms in total. The van der Waals surface area contributed by atoms with Crippen molar-refractivity contribution in [2.24, 2.45) is 0 Å². The topological polar surface area (TPSA) is 91.4 Å². The van der Waals surface area contributed by atoms with Crippen molar-refractivity contribution >= 4 is 29.5 Å². The van der Waals surface area contributed by atoms with E-state index in [1.165, 1.54) is 19.3 Å². The third kappa shape index (κ3) is 5.22. The van der Waals surface area contributed by atoms with Crippen molar-refractivity contribution in [1.82, 2.24) is 24.5 Å². The molecule has 2 N–H and O–H groups in total. The van der Waals surface area contributed by atoms with Gasteiger partial charge in [0.2, 0.25) is 11.8 Å². The van der Waals surface area contributed by atoms with E-state index in [4.69, 9.17) is 19.4 Å². The van der Waals surface area contributed by atoms with Gasteiger partial charge in [-0.05, 0) is 32.6 Å². The van der Waals surface area contributed by atoms with Gasteiger partial charge in [-0.15, -0.1) is 0 Å². The highest BCUT2D eigenvalue weighted by Crippen LogP contribution is 2.40. The van der Waals surface area contributed by atoms with Gasteiger partial charge in [0.1, 0.15) is 11.9 Å². The molecule has 0 saturated carbocycles. The number of fused-ring (bicyclic) bond motifs is 2. The van der Waals surface area contributed by atoms with E-state index in [0.29, 0.717) is 42.4 Å². The quantitative estimate of drug-likeness (QED) is 0.554. The number of hydrogen-bond acceptors (Lipinski definition) is 9. The molecular formula is C23H35N7O2S. The maximum atomic E-state index is 6.18. The molecule has 180 valence electrons. The lowest BCUT2D eigenvalue weighted by Gasteiger charge is -2.49. The summed E-state index contributed by atoms with van der Waals surface area (Å²) < 4.78 is 14.3. The van der Waals surface area contributed by atoms with Gasteiger partial charge in [-0.3, -0.25) is 5.10 Å². The molecule has 0 spiro atoms. The summed E-state index contributed by atoms with van der Waals surface area (Å²) in [5, 5.41) is 10.6. The minimum atomic E-state index is 0.0344. The van der Waals surface area contributed by atoms with E-state index < -0.39 is 0 Å².